The maximum absolute atomic E-state index is 14.3. The lowest BCUT2D eigenvalue weighted by molar-refractivity contribution is 0.409. The van der Waals surface area contributed by atoms with E-state index in [9.17, 15) is 4.39 Å². The van der Waals surface area contributed by atoms with E-state index < -0.39 is 5.82 Å². The number of fused-ring (bicyclic) bond motifs is 1. The summed E-state index contributed by atoms with van der Waals surface area (Å²) in [7, 11) is 1.48. The van der Waals surface area contributed by atoms with E-state index in [2.05, 4.69) is 36.5 Å². The fourth-order valence-corrected chi connectivity index (χ4v) is 2.53. The maximum atomic E-state index is 14.3. The Kier molecular flexibility index (Phi) is 3.94. The van der Waals surface area contributed by atoms with Gasteiger partial charge in [0.1, 0.15) is 17.0 Å². The Morgan fingerprint density at radius 1 is 1.22 bits per heavy atom. The number of nitrogens with zero attached hydrogens (tertiary/aromatic N) is 1. The highest BCUT2D eigenvalue weighted by molar-refractivity contribution is 5.89. The molecule has 0 aliphatic rings. The summed E-state index contributed by atoms with van der Waals surface area (Å²) in [5, 5.41) is 7.49. The summed E-state index contributed by atoms with van der Waals surface area (Å²) in [6.07, 6.45) is 0. The number of rotatable bonds is 5. The quantitative estimate of drug-likeness (QED) is 0.760. The van der Waals surface area contributed by atoms with Crippen LogP contribution in [0.1, 0.15) is 19.4 Å². The van der Waals surface area contributed by atoms with Crippen molar-refractivity contribution in [3.8, 4) is 5.75 Å². The van der Waals surface area contributed by atoms with Gasteiger partial charge in [0, 0.05) is 24.1 Å². The standard InChI is InChI=1S/C18H19FN2O2/c1-18(2,12-7-5-4-6-8-12)11-20-17-16-14(19)9-13(22-3)10-15(16)23-21-17/h4-10H,11H2,1-3H3,(H,20,21). The van der Waals surface area contributed by atoms with Crippen LogP contribution in [0.5, 0.6) is 5.75 Å². The second-order valence-corrected chi connectivity index (χ2v) is 6.12. The molecule has 0 aliphatic heterocycles. The number of methoxy groups -OCH3 is 1. The van der Waals surface area contributed by atoms with Gasteiger partial charge >= 0.3 is 0 Å². The van der Waals surface area contributed by atoms with Gasteiger partial charge in [-0.25, -0.2) is 4.39 Å². The van der Waals surface area contributed by atoms with Gasteiger partial charge in [0.25, 0.3) is 0 Å². The number of anilines is 1. The highest BCUT2D eigenvalue weighted by Gasteiger charge is 2.22. The molecule has 2 aromatic carbocycles. The first-order valence-electron chi connectivity index (χ1n) is 7.43. The number of ether oxygens (including phenoxy) is 1. The minimum Gasteiger partial charge on any atom is -0.497 e. The topological polar surface area (TPSA) is 47.3 Å². The van der Waals surface area contributed by atoms with Gasteiger partial charge in [-0.15, -0.1) is 0 Å². The van der Waals surface area contributed by atoms with Crippen molar-refractivity contribution in [3.05, 3.63) is 53.8 Å². The molecule has 0 spiro atoms. The summed E-state index contributed by atoms with van der Waals surface area (Å²) >= 11 is 0. The Morgan fingerprint density at radius 3 is 2.65 bits per heavy atom. The lowest BCUT2D eigenvalue weighted by Crippen LogP contribution is -2.27. The zero-order valence-electron chi connectivity index (χ0n) is 13.4. The van der Waals surface area contributed by atoms with E-state index in [1.807, 2.05) is 18.2 Å². The van der Waals surface area contributed by atoms with Crippen molar-refractivity contribution >= 4 is 16.8 Å². The van der Waals surface area contributed by atoms with Crippen molar-refractivity contribution < 1.29 is 13.7 Å². The van der Waals surface area contributed by atoms with E-state index in [1.165, 1.54) is 18.7 Å². The van der Waals surface area contributed by atoms with E-state index in [1.54, 1.807) is 6.07 Å². The molecular weight excluding hydrogens is 295 g/mol. The number of nitrogens with one attached hydrogen (secondary N) is 1. The summed E-state index contributed by atoms with van der Waals surface area (Å²) in [4.78, 5) is 0. The minimum absolute atomic E-state index is 0.129. The molecule has 0 aliphatic carbocycles. The number of benzene rings is 2. The van der Waals surface area contributed by atoms with Gasteiger partial charge in [0.05, 0.1) is 7.11 Å². The van der Waals surface area contributed by atoms with Gasteiger partial charge in [0.2, 0.25) is 0 Å². The third-order valence-electron chi connectivity index (χ3n) is 3.99. The van der Waals surface area contributed by atoms with Gasteiger partial charge in [-0.2, -0.15) is 0 Å². The van der Waals surface area contributed by atoms with Crippen molar-refractivity contribution in [2.45, 2.75) is 19.3 Å². The first-order chi connectivity index (χ1) is 11.0. The second kappa shape index (κ2) is 5.91. The van der Waals surface area contributed by atoms with Crippen LogP contribution in [-0.2, 0) is 5.41 Å². The Labute approximate surface area is 134 Å². The molecule has 0 bridgehead atoms. The average Bonchev–Trinajstić information content (AvgIpc) is 2.97. The SMILES string of the molecule is COc1cc(F)c2c(NCC(C)(C)c3ccccc3)noc2c1. The molecule has 1 aromatic heterocycles. The Morgan fingerprint density at radius 2 is 1.96 bits per heavy atom. The molecule has 120 valence electrons. The molecule has 3 rings (SSSR count). The van der Waals surface area contributed by atoms with E-state index in [4.69, 9.17) is 9.26 Å². The van der Waals surface area contributed by atoms with Crippen molar-refractivity contribution in [3.63, 3.8) is 0 Å². The Balaban J connectivity index is 1.85. The van der Waals surface area contributed by atoms with Crippen LogP contribution in [0, 0.1) is 5.82 Å². The van der Waals surface area contributed by atoms with Crippen LogP contribution in [0.25, 0.3) is 11.0 Å². The molecule has 0 fully saturated rings. The predicted octanol–water partition coefficient (Wildman–Crippen LogP) is 4.37. The predicted molar refractivity (Wildman–Crippen MR) is 88.5 cm³/mol. The lowest BCUT2D eigenvalue weighted by Gasteiger charge is -2.25. The number of aromatic nitrogens is 1. The van der Waals surface area contributed by atoms with Crippen molar-refractivity contribution in [2.24, 2.45) is 0 Å². The maximum Gasteiger partial charge on any atom is 0.180 e. The summed E-state index contributed by atoms with van der Waals surface area (Å²) in [6, 6.07) is 13.1. The van der Waals surface area contributed by atoms with Crippen LogP contribution in [0.15, 0.2) is 47.0 Å². The normalized spacial score (nSPS) is 11.7. The molecular formula is C18H19FN2O2. The molecule has 1 N–H and O–H groups in total. The van der Waals surface area contributed by atoms with E-state index >= 15 is 0 Å². The number of halogens is 1. The summed E-state index contributed by atoms with van der Waals surface area (Å²) < 4.78 is 24.5. The average molecular weight is 314 g/mol. The van der Waals surface area contributed by atoms with Gasteiger partial charge in [-0.1, -0.05) is 49.3 Å². The molecule has 3 aromatic rings. The summed E-state index contributed by atoms with van der Waals surface area (Å²) in [5.41, 5.74) is 1.43. The van der Waals surface area contributed by atoms with Crippen LogP contribution in [0.2, 0.25) is 0 Å². The highest BCUT2D eigenvalue weighted by Crippen LogP contribution is 2.31. The summed E-state index contributed by atoms with van der Waals surface area (Å²) in [6.45, 7) is 4.85. The third kappa shape index (κ3) is 2.99. The third-order valence-corrected chi connectivity index (χ3v) is 3.99. The molecule has 4 nitrogen and oxygen atoms in total. The van der Waals surface area contributed by atoms with Crippen LogP contribution in [0.4, 0.5) is 10.2 Å². The molecule has 0 unspecified atom stereocenters. The zero-order valence-corrected chi connectivity index (χ0v) is 13.4. The molecule has 0 radical (unpaired) electrons. The van der Waals surface area contributed by atoms with Crippen LogP contribution < -0.4 is 10.1 Å². The van der Waals surface area contributed by atoms with E-state index in [0.29, 0.717) is 29.1 Å². The van der Waals surface area contributed by atoms with Crippen LogP contribution >= 0.6 is 0 Å². The highest BCUT2D eigenvalue weighted by atomic mass is 19.1. The smallest absolute Gasteiger partial charge is 0.180 e. The lowest BCUT2D eigenvalue weighted by atomic mass is 9.84. The first-order valence-corrected chi connectivity index (χ1v) is 7.43. The van der Waals surface area contributed by atoms with E-state index in [0.717, 1.165) is 0 Å². The van der Waals surface area contributed by atoms with Gasteiger partial charge in [0.15, 0.2) is 11.4 Å². The monoisotopic (exact) mass is 314 g/mol. The van der Waals surface area contributed by atoms with Gasteiger partial charge < -0.3 is 14.6 Å². The van der Waals surface area contributed by atoms with Gasteiger partial charge in [-0.05, 0) is 5.56 Å². The fourth-order valence-electron chi connectivity index (χ4n) is 2.53. The Hall–Kier alpha value is -2.56. The zero-order chi connectivity index (χ0) is 16.4. The molecule has 0 saturated heterocycles. The summed E-state index contributed by atoms with van der Waals surface area (Å²) in [5.74, 6) is 0.395. The van der Waals surface area contributed by atoms with Crippen molar-refractivity contribution in [1.82, 2.24) is 5.16 Å². The molecule has 5 heteroatoms. The second-order valence-electron chi connectivity index (χ2n) is 6.12. The van der Waals surface area contributed by atoms with E-state index in [-0.39, 0.29) is 5.41 Å². The largest absolute Gasteiger partial charge is 0.497 e. The number of hydrogen-bond donors (Lipinski definition) is 1. The van der Waals surface area contributed by atoms with Crippen molar-refractivity contribution in [2.75, 3.05) is 19.0 Å². The molecule has 0 atom stereocenters. The fraction of sp³-hybridized carbons (Fsp3) is 0.278. The molecule has 1 heterocycles. The first kappa shape index (κ1) is 15.3. The minimum atomic E-state index is -0.416. The number of hydrogen-bond acceptors (Lipinski definition) is 4. The Bertz CT molecular complexity index is 813. The molecule has 0 saturated carbocycles. The molecule has 0 amide bonds. The van der Waals surface area contributed by atoms with Gasteiger partial charge in [-0.3, -0.25) is 0 Å². The van der Waals surface area contributed by atoms with Crippen LogP contribution in [0.3, 0.4) is 0 Å². The molecule has 23 heavy (non-hydrogen) atoms. The van der Waals surface area contributed by atoms with Crippen molar-refractivity contribution in [1.29, 1.82) is 0 Å². The van der Waals surface area contributed by atoms with Crippen LogP contribution in [-0.4, -0.2) is 18.8 Å².